The van der Waals surface area contributed by atoms with Gasteiger partial charge in [0.15, 0.2) is 0 Å². The van der Waals surface area contributed by atoms with Gasteiger partial charge in [-0.05, 0) is 39.3 Å². The molecule has 118 valence electrons. The lowest BCUT2D eigenvalue weighted by molar-refractivity contribution is -0.151. The highest BCUT2D eigenvalue weighted by atomic mass is 16.5. The van der Waals surface area contributed by atoms with Crippen LogP contribution in [0.1, 0.15) is 59.8 Å². The molecule has 0 spiro atoms. The van der Waals surface area contributed by atoms with E-state index in [1.807, 2.05) is 6.92 Å². The molecule has 0 amide bonds. The molecule has 0 aromatic carbocycles. The fourth-order valence-electron chi connectivity index (χ4n) is 3.44. The first-order chi connectivity index (χ1) is 9.61. The second kappa shape index (κ2) is 8.63. The molecule has 20 heavy (non-hydrogen) atoms. The van der Waals surface area contributed by atoms with Crippen molar-refractivity contribution in [2.24, 2.45) is 0 Å². The van der Waals surface area contributed by atoms with E-state index in [1.165, 1.54) is 0 Å². The van der Waals surface area contributed by atoms with Gasteiger partial charge < -0.3 is 9.47 Å². The fourth-order valence-corrected chi connectivity index (χ4v) is 3.44. The van der Waals surface area contributed by atoms with Gasteiger partial charge in [0.25, 0.3) is 0 Å². The van der Waals surface area contributed by atoms with E-state index in [9.17, 15) is 4.79 Å². The first-order valence-electron chi connectivity index (χ1n) is 8.14. The van der Waals surface area contributed by atoms with Crippen LogP contribution in [-0.4, -0.2) is 48.8 Å². The van der Waals surface area contributed by atoms with Crippen LogP contribution >= 0.6 is 0 Å². The van der Waals surface area contributed by atoms with Crippen molar-refractivity contribution >= 4 is 5.97 Å². The van der Waals surface area contributed by atoms with Gasteiger partial charge >= 0.3 is 5.97 Å². The predicted octanol–water partition coefficient (Wildman–Crippen LogP) is 3.00. The Bertz CT molecular complexity index is 289. The van der Waals surface area contributed by atoms with Crippen LogP contribution in [0.15, 0.2) is 0 Å². The fraction of sp³-hybridized carbons (Fsp3) is 0.938. The van der Waals surface area contributed by atoms with Gasteiger partial charge in [-0.1, -0.05) is 27.2 Å². The van der Waals surface area contributed by atoms with Crippen LogP contribution in [-0.2, 0) is 14.3 Å². The first kappa shape index (κ1) is 17.4. The van der Waals surface area contributed by atoms with E-state index in [0.29, 0.717) is 13.0 Å². The highest BCUT2D eigenvalue weighted by Crippen LogP contribution is 2.35. The molecule has 0 bridgehead atoms. The summed E-state index contributed by atoms with van der Waals surface area (Å²) in [5.41, 5.74) is -0.0756. The van der Waals surface area contributed by atoms with E-state index in [4.69, 9.17) is 9.47 Å². The molecule has 0 aromatic heterocycles. The Kier molecular flexibility index (Phi) is 7.52. The van der Waals surface area contributed by atoms with Gasteiger partial charge in [-0.3, -0.25) is 9.69 Å². The molecule has 0 aliphatic carbocycles. The highest BCUT2D eigenvalue weighted by Gasteiger charge is 2.42. The van der Waals surface area contributed by atoms with Crippen molar-refractivity contribution in [2.45, 2.75) is 71.4 Å². The first-order valence-corrected chi connectivity index (χ1v) is 8.14. The van der Waals surface area contributed by atoms with Crippen molar-refractivity contribution in [1.82, 2.24) is 4.90 Å². The normalized spacial score (nSPS) is 26.8. The lowest BCUT2D eigenvalue weighted by atomic mass is 9.80. The van der Waals surface area contributed by atoms with Crippen molar-refractivity contribution in [1.29, 1.82) is 0 Å². The van der Waals surface area contributed by atoms with E-state index < -0.39 is 0 Å². The van der Waals surface area contributed by atoms with Gasteiger partial charge in [0.2, 0.25) is 0 Å². The van der Waals surface area contributed by atoms with Crippen LogP contribution in [0.5, 0.6) is 0 Å². The lowest BCUT2D eigenvalue weighted by Crippen LogP contribution is -2.55. The number of ether oxygens (including phenoxy) is 2. The molecule has 4 nitrogen and oxygen atoms in total. The number of carbonyl (C=O) groups is 1. The van der Waals surface area contributed by atoms with Gasteiger partial charge in [-0.15, -0.1) is 0 Å². The largest absolute Gasteiger partial charge is 0.466 e. The SMILES string of the molecule is CCCC1CC(CC(=O)OCC)(N(CC)CC)CCO1. The summed E-state index contributed by atoms with van der Waals surface area (Å²) in [4.78, 5) is 14.5. The summed E-state index contributed by atoms with van der Waals surface area (Å²) >= 11 is 0. The van der Waals surface area contributed by atoms with E-state index in [2.05, 4.69) is 25.7 Å². The van der Waals surface area contributed by atoms with Crippen molar-refractivity contribution in [3.63, 3.8) is 0 Å². The Labute approximate surface area is 123 Å². The molecule has 0 radical (unpaired) electrons. The number of nitrogens with zero attached hydrogens (tertiary/aromatic N) is 1. The average molecular weight is 285 g/mol. The number of hydrogen-bond donors (Lipinski definition) is 0. The minimum Gasteiger partial charge on any atom is -0.466 e. The summed E-state index contributed by atoms with van der Waals surface area (Å²) in [5.74, 6) is -0.0726. The van der Waals surface area contributed by atoms with Crippen LogP contribution in [0.3, 0.4) is 0 Å². The third kappa shape index (κ3) is 4.45. The highest BCUT2D eigenvalue weighted by molar-refractivity contribution is 5.71. The molecule has 2 unspecified atom stereocenters. The second-order valence-corrected chi connectivity index (χ2v) is 5.61. The summed E-state index contributed by atoms with van der Waals surface area (Å²) in [6.45, 7) is 11.5. The Morgan fingerprint density at radius 2 is 2.00 bits per heavy atom. The number of esters is 1. The third-order valence-corrected chi connectivity index (χ3v) is 4.35. The molecule has 4 heteroatoms. The summed E-state index contributed by atoms with van der Waals surface area (Å²) in [7, 11) is 0. The zero-order valence-electron chi connectivity index (χ0n) is 13.6. The van der Waals surface area contributed by atoms with Crippen LogP contribution in [0, 0.1) is 0 Å². The summed E-state index contributed by atoms with van der Waals surface area (Å²) in [6.07, 6.45) is 4.84. The van der Waals surface area contributed by atoms with Crippen molar-refractivity contribution in [3.05, 3.63) is 0 Å². The molecule has 1 saturated heterocycles. The molecular weight excluding hydrogens is 254 g/mol. The standard InChI is InChI=1S/C16H31NO3/c1-5-9-14-12-16(10-11-20-14,17(6-2)7-3)13-15(18)19-8-4/h14H,5-13H2,1-4H3. The van der Waals surface area contributed by atoms with Crippen LogP contribution in [0.25, 0.3) is 0 Å². The van der Waals surface area contributed by atoms with Gasteiger partial charge in [-0.25, -0.2) is 0 Å². The monoisotopic (exact) mass is 285 g/mol. The summed E-state index contributed by atoms with van der Waals surface area (Å²) in [6, 6.07) is 0. The van der Waals surface area contributed by atoms with Gasteiger partial charge in [-0.2, -0.15) is 0 Å². The zero-order chi connectivity index (χ0) is 15.0. The van der Waals surface area contributed by atoms with Gasteiger partial charge in [0.1, 0.15) is 0 Å². The maximum absolute atomic E-state index is 12.0. The zero-order valence-corrected chi connectivity index (χ0v) is 13.6. The molecule has 0 saturated carbocycles. The van der Waals surface area contributed by atoms with Crippen molar-refractivity contribution in [2.75, 3.05) is 26.3 Å². The molecule has 1 rings (SSSR count). The second-order valence-electron chi connectivity index (χ2n) is 5.61. The molecule has 1 heterocycles. The average Bonchev–Trinajstić information content (AvgIpc) is 2.40. The van der Waals surface area contributed by atoms with E-state index in [-0.39, 0.29) is 17.6 Å². The number of rotatable bonds is 8. The molecule has 0 N–H and O–H groups in total. The Morgan fingerprint density at radius 1 is 1.30 bits per heavy atom. The smallest absolute Gasteiger partial charge is 0.307 e. The van der Waals surface area contributed by atoms with Gasteiger partial charge in [0.05, 0.1) is 19.1 Å². The predicted molar refractivity (Wildman–Crippen MR) is 80.8 cm³/mol. The minimum absolute atomic E-state index is 0.0726. The molecular formula is C16H31NO3. The van der Waals surface area contributed by atoms with Crippen molar-refractivity contribution < 1.29 is 14.3 Å². The van der Waals surface area contributed by atoms with Gasteiger partial charge in [0, 0.05) is 12.1 Å². The molecule has 1 fully saturated rings. The summed E-state index contributed by atoms with van der Waals surface area (Å²) in [5, 5.41) is 0. The van der Waals surface area contributed by atoms with E-state index in [1.54, 1.807) is 0 Å². The Hall–Kier alpha value is -0.610. The van der Waals surface area contributed by atoms with Crippen LogP contribution < -0.4 is 0 Å². The molecule has 2 atom stereocenters. The maximum Gasteiger partial charge on any atom is 0.307 e. The lowest BCUT2D eigenvalue weighted by Gasteiger charge is -2.47. The van der Waals surface area contributed by atoms with Crippen LogP contribution in [0.4, 0.5) is 0 Å². The summed E-state index contributed by atoms with van der Waals surface area (Å²) < 4.78 is 11.1. The van der Waals surface area contributed by atoms with Crippen LogP contribution in [0.2, 0.25) is 0 Å². The maximum atomic E-state index is 12.0. The Morgan fingerprint density at radius 3 is 2.55 bits per heavy atom. The topological polar surface area (TPSA) is 38.8 Å². The molecule has 0 aromatic rings. The minimum atomic E-state index is -0.0756. The molecule has 1 aliphatic heterocycles. The van der Waals surface area contributed by atoms with Crippen molar-refractivity contribution in [3.8, 4) is 0 Å². The number of hydrogen-bond acceptors (Lipinski definition) is 4. The molecule has 1 aliphatic rings. The van der Waals surface area contributed by atoms with E-state index in [0.717, 1.165) is 45.4 Å². The quantitative estimate of drug-likeness (QED) is 0.643. The Balaban J connectivity index is 2.85. The third-order valence-electron chi connectivity index (χ3n) is 4.35. The number of carbonyl (C=O) groups excluding carboxylic acids is 1. The van der Waals surface area contributed by atoms with E-state index >= 15 is 0 Å².